The van der Waals surface area contributed by atoms with E-state index < -0.39 is 0 Å². The lowest BCUT2D eigenvalue weighted by Gasteiger charge is -2.38. The third-order valence-electron chi connectivity index (χ3n) is 4.35. The van der Waals surface area contributed by atoms with Crippen molar-refractivity contribution in [3.8, 4) is 0 Å². The molecule has 1 spiro atoms. The molecule has 1 aromatic carbocycles. The van der Waals surface area contributed by atoms with Crippen LogP contribution >= 0.6 is 0 Å². The fourth-order valence-electron chi connectivity index (χ4n) is 3.22. The monoisotopic (exact) mass is 261 g/mol. The standard InChI is InChI=1S/C16H23NO2/c1-13(14-5-3-2-4-6-14)17-15-7-9-19-16(11-15)8-10-18-12-16/h2-6,13,15,17H,7-12H2,1H3/t13-,15?,16?/m0/s1. The maximum absolute atomic E-state index is 5.98. The Morgan fingerprint density at radius 3 is 2.84 bits per heavy atom. The van der Waals surface area contributed by atoms with Gasteiger partial charge in [-0.15, -0.1) is 0 Å². The molecule has 2 aliphatic rings. The Bertz CT molecular complexity index is 400. The van der Waals surface area contributed by atoms with Gasteiger partial charge in [0.2, 0.25) is 0 Å². The van der Waals surface area contributed by atoms with Gasteiger partial charge in [0.15, 0.2) is 0 Å². The highest BCUT2D eigenvalue weighted by atomic mass is 16.6. The van der Waals surface area contributed by atoms with Crippen LogP contribution in [0.1, 0.15) is 37.8 Å². The lowest BCUT2D eigenvalue weighted by molar-refractivity contribution is -0.0902. The molecular weight excluding hydrogens is 238 g/mol. The van der Waals surface area contributed by atoms with Crippen LogP contribution in [-0.4, -0.2) is 31.5 Å². The predicted molar refractivity (Wildman–Crippen MR) is 75.1 cm³/mol. The molecule has 3 nitrogen and oxygen atoms in total. The van der Waals surface area contributed by atoms with Gasteiger partial charge in [-0.2, -0.15) is 0 Å². The molecule has 1 aromatic rings. The number of benzene rings is 1. The van der Waals surface area contributed by atoms with E-state index in [-0.39, 0.29) is 5.60 Å². The summed E-state index contributed by atoms with van der Waals surface area (Å²) < 4.78 is 11.5. The normalized spacial score (nSPS) is 32.6. The average Bonchev–Trinajstić information content (AvgIpc) is 2.88. The summed E-state index contributed by atoms with van der Waals surface area (Å²) in [6.07, 6.45) is 3.22. The van der Waals surface area contributed by atoms with E-state index in [0.29, 0.717) is 12.1 Å². The summed E-state index contributed by atoms with van der Waals surface area (Å²) in [5.41, 5.74) is 1.34. The molecule has 0 amide bonds. The van der Waals surface area contributed by atoms with Crippen molar-refractivity contribution in [2.75, 3.05) is 19.8 Å². The number of hydrogen-bond donors (Lipinski definition) is 1. The summed E-state index contributed by atoms with van der Waals surface area (Å²) in [6.45, 7) is 4.71. The molecule has 3 rings (SSSR count). The molecule has 2 saturated heterocycles. The van der Waals surface area contributed by atoms with Crippen molar-refractivity contribution in [2.24, 2.45) is 0 Å². The largest absolute Gasteiger partial charge is 0.378 e. The zero-order valence-electron chi connectivity index (χ0n) is 11.6. The Labute approximate surface area is 115 Å². The third kappa shape index (κ3) is 2.99. The van der Waals surface area contributed by atoms with Crippen LogP contribution in [0.4, 0.5) is 0 Å². The SMILES string of the molecule is C[C@H](NC1CCOC2(CCOC2)C1)c1ccccc1. The zero-order valence-corrected chi connectivity index (χ0v) is 11.6. The van der Waals surface area contributed by atoms with Crippen LogP contribution < -0.4 is 5.32 Å². The number of rotatable bonds is 3. The summed E-state index contributed by atoms with van der Waals surface area (Å²) in [7, 11) is 0. The van der Waals surface area contributed by atoms with E-state index in [1.807, 2.05) is 0 Å². The first kappa shape index (κ1) is 13.1. The van der Waals surface area contributed by atoms with Crippen molar-refractivity contribution in [1.29, 1.82) is 0 Å². The molecule has 2 aliphatic heterocycles. The minimum atomic E-state index is -0.00761. The molecule has 0 bridgehead atoms. The van der Waals surface area contributed by atoms with Gasteiger partial charge < -0.3 is 14.8 Å². The maximum Gasteiger partial charge on any atom is 0.0951 e. The van der Waals surface area contributed by atoms with E-state index in [2.05, 4.69) is 42.6 Å². The van der Waals surface area contributed by atoms with Gasteiger partial charge in [0.05, 0.1) is 12.2 Å². The molecule has 3 atom stereocenters. The van der Waals surface area contributed by atoms with E-state index in [0.717, 1.165) is 39.1 Å². The van der Waals surface area contributed by atoms with Crippen LogP contribution in [0, 0.1) is 0 Å². The van der Waals surface area contributed by atoms with Crippen molar-refractivity contribution in [3.05, 3.63) is 35.9 Å². The van der Waals surface area contributed by atoms with Gasteiger partial charge in [0, 0.05) is 31.7 Å². The van der Waals surface area contributed by atoms with Gasteiger partial charge in [0.25, 0.3) is 0 Å². The quantitative estimate of drug-likeness (QED) is 0.907. The average molecular weight is 261 g/mol. The molecule has 3 heteroatoms. The molecule has 0 radical (unpaired) electrons. The molecule has 0 saturated carbocycles. The number of nitrogens with one attached hydrogen (secondary N) is 1. The molecule has 0 aromatic heterocycles. The summed E-state index contributed by atoms with van der Waals surface area (Å²) in [5, 5.41) is 3.75. The second-order valence-electron chi connectivity index (χ2n) is 5.82. The molecule has 1 N–H and O–H groups in total. The second kappa shape index (κ2) is 5.61. The van der Waals surface area contributed by atoms with Crippen LogP contribution in [0.25, 0.3) is 0 Å². The van der Waals surface area contributed by atoms with Crippen LogP contribution in [0.5, 0.6) is 0 Å². The van der Waals surface area contributed by atoms with E-state index in [9.17, 15) is 0 Å². The molecule has 0 aliphatic carbocycles. The molecule has 104 valence electrons. The van der Waals surface area contributed by atoms with Gasteiger partial charge in [-0.1, -0.05) is 30.3 Å². The Balaban J connectivity index is 1.60. The second-order valence-corrected chi connectivity index (χ2v) is 5.82. The Morgan fingerprint density at radius 1 is 1.26 bits per heavy atom. The fraction of sp³-hybridized carbons (Fsp3) is 0.625. The molecule has 2 unspecified atom stereocenters. The van der Waals surface area contributed by atoms with Crippen LogP contribution in [0.15, 0.2) is 30.3 Å². The number of hydrogen-bond acceptors (Lipinski definition) is 3. The summed E-state index contributed by atoms with van der Waals surface area (Å²) >= 11 is 0. The molecule has 19 heavy (non-hydrogen) atoms. The summed E-state index contributed by atoms with van der Waals surface area (Å²) in [5.74, 6) is 0. The van der Waals surface area contributed by atoms with Crippen molar-refractivity contribution in [3.63, 3.8) is 0 Å². The van der Waals surface area contributed by atoms with E-state index in [1.165, 1.54) is 5.56 Å². The zero-order chi connectivity index (χ0) is 13.1. The smallest absolute Gasteiger partial charge is 0.0951 e. The van der Waals surface area contributed by atoms with E-state index in [4.69, 9.17) is 9.47 Å². The lowest BCUT2D eigenvalue weighted by Crippen LogP contribution is -2.48. The van der Waals surface area contributed by atoms with Gasteiger partial charge in [-0.05, 0) is 25.3 Å². The molecular formula is C16H23NO2. The Kier molecular flexibility index (Phi) is 3.87. The highest BCUT2D eigenvalue weighted by Gasteiger charge is 2.41. The van der Waals surface area contributed by atoms with Crippen molar-refractivity contribution >= 4 is 0 Å². The minimum absolute atomic E-state index is 0.00761. The summed E-state index contributed by atoms with van der Waals surface area (Å²) in [6, 6.07) is 11.6. The minimum Gasteiger partial charge on any atom is -0.378 e. The van der Waals surface area contributed by atoms with Gasteiger partial charge >= 0.3 is 0 Å². The lowest BCUT2D eigenvalue weighted by atomic mass is 9.89. The van der Waals surface area contributed by atoms with Crippen LogP contribution in [-0.2, 0) is 9.47 Å². The number of ether oxygens (including phenoxy) is 2. The van der Waals surface area contributed by atoms with Gasteiger partial charge in [-0.25, -0.2) is 0 Å². The Morgan fingerprint density at radius 2 is 2.11 bits per heavy atom. The van der Waals surface area contributed by atoms with Crippen LogP contribution in [0.3, 0.4) is 0 Å². The van der Waals surface area contributed by atoms with Crippen molar-refractivity contribution in [2.45, 2.75) is 43.9 Å². The first-order valence-electron chi connectivity index (χ1n) is 7.30. The highest BCUT2D eigenvalue weighted by molar-refractivity contribution is 5.18. The summed E-state index contributed by atoms with van der Waals surface area (Å²) in [4.78, 5) is 0. The fourth-order valence-corrected chi connectivity index (χ4v) is 3.22. The first-order chi connectivity index (χ1) is 9.27. The molecule has 2 heterocycles. The highest BCUT2D eigenvalue weighted by Crippen LogP contribution is 2.33. The van der Waals surface area contributed by atoms with Crippen molar-refractivity contribution < 1.29 is 9.47 Å². The van der Waals surface area contributed by atoms with E-state index in [1.54, 1.807) is 0 Å². The third-order valence-corrected chi connectivity index (χ3v) is 4.35. The first-order valence-corrected chi connectivity index (χ1v) is 7.30. The maximum atomic E-state index is 5.98. The van der Waals surface area contributed by atoms with Crippen molar-refractivity contribution in [1.82, 2.24) is 5.32 Å². The van der Waals surface area contributed by atoms with Crippen LogP contribution in [0.2, 0.25) is 0 Å². The van der Waals surface area contributed by atoms with Gasteiger partial charge in [-0.3, -0.25) is 0 Å². The van der Waals surface area contributed by atoms with E-state index >= 15 is 0 Å². The Hall–Kier alpha value is -0.900. The predicted octanol–water partition coefficient (Wildman–Crippen LogP) is 2.68. The molecule has 2 fully saturated rings. The topological polar surface area (TPSA) is 30.5 Å². The van der Waals surface area contributed by atoms with Gasteiger partial charge in [0.1, 0.15) is 0 Å².